The lowest BCUT2D eigenvalue weighted by Crippen LogP contribution is -2.42. The van der Waals surface area contributed by atoms with E-state index < -0.39 is 11.4 Å². The Kier molecular flexibility index (Phi) is 7.33. The summed E-state index contributed by atoms with van der Waals surface area (Å²) in [6, 6.07) is 6.29. The van der Waals surface area contributed by atoms with E-state index >= 15 is 0 Å². The van der Waals surface area contributed by atoms with E-state index in [1.165, 1.54) is 12.1 Å². The molecule has 36 heavy (non-hydrogen) atoms. The van der Waals surface area contributed by atoms with Crippen molar-refractivity contribution >= 4 is 22.9 Å². The number of amides is 2. The number of halogens is 1. The van der Waals surface area contributed by atoms with Gasteiger partial charge in [0.25, 0.3) is 5.91 Å². The molecule has 1 aliphatic rings. The van der Waals surface area contributed by atoms with Crippen LogP contribution in [0.3, 0.4) is 0 Å². The van der Waals surface area contributed by atoms with Gasteiger partial charge in [-0.2, -0.15) is 0 Å². The molecule has 0 bridgehead atoms. The van der Waals surface area contributed by atoms with E-state index in [9.17, 15) is 14.0 Å². The van der Waals surface area contributed by atoms with E-state index in [2.05, 4.69) is 4.98 Å². The molecule has 1 fully saturated rings. The van der Waals surface area contributed by atoms with Gasteiger partial charge in [-0.25, -0.2) is 9.18 Å². The third-order valence-corrected chi connectivity index (χ3v) is 6.65. The summed E-state index contributed by atoms with van der Waals surface area (Å²) in [4.78, 5) is 33.9. The summed E-state index contributed by atoms with van der Waals surface area (Å²) < 4.78 is 21.8. The fourth-order valence-electron chi connectivity index (χ4n) is 4.92. The molecule has 0 radical (unpaired) electrons. The summed E-state index contributed by atoms with van der Waals surface area (Å²) in [7, 11) is 0. The maximum Gasteiger partial charge on any atom is 0.410 e. The number of ether oxygens (including phenoxy) is 1. The van der Waals surface area contributed by atoms with Crippen LogP contribution in [-0.4, -0.2) is 63.1 Å². The van der Waals surface area contributed by atoms with E-state index in [4.69, 9.17) is 4.74 Å². The highest BCUT2D eigenvalue weighted by Crippen LogP contribution is 2.36. The van der Waals surface area contributed by atoms with Gasteiger partial charge >= 0.3 is 6.09 Å². The number of carbonyl (C=O) groups excluding carboxylic acids is 2. The van der Waals surface area contributed by atoms with E-state index in [0.717, 1.165) is 29.3 Å². The number of nitrogens with zero attached hydrogens (tertiary/aromatic N) is 4. The molecule has 3 aromatic rings. The fraction of sp³-hybridized carbons (Fsp3) is 0.464. The number of fused-ring (bicyclic) bond motifs is 1. The Morgan fingerprint density at radius 3 is 2.64 bits per heavy atom. The highest BCUT2D eigenvalue weighted by atomic mass is 19.1. The van der Waals surface area contributed by atoms with Crippen molar-refractivity contribution < 1.29 is 18.7 Å². The van der Waals surface area contributed by atoms with Crippen molar-refractivity contribution in [3.63, 3.8) is 0 Å². The van der Waals surface area contributed by atoms with Crippen molar-refractivity contribution in [2.75, 3.05) is 26.2 Å². The molecule has 2 aromatic heterocycles. The van der Waals surface area contributed by atoms with Crippen molar-refractivity contribution in [1.29, 1.82) is 0 Å². The summed E-state index contributed by atoms with van der Waals surface area (Å²) in [5.41, 5.74) is 2.28. The maximum atomic E-state index is 14.3. The van der Waals surface area contributed by atoms with Gasteiger partial charge in [0.15, 0.2) is 0 Å². The number of hydrogen-bond acceptors (Lipinski definition) is 4. The first kappa shape index (κ1) is 25.7. The van der Waals surface area contributed by atoms with Crippen LogP contribution in [0.2, 0.25) is 0 Å². The molecular formula is C28H35FN4O3. The van der Waals surface area contributed by atoms with Gasteiger partial charge in [-0.3, -0.25) is 9.78 Å². The second kappa shape index (κ2) is 10.3. The normalized spacial score (nSPS) is 16.3. The second-order valence-electron chi connectivity index (χ2n) is 10.3. The lowest BCUT2D eigenvalue weighted by molar-refractivity contribution is 0.0198. The molecule has 3 heterocycles. The van der Waals surface area contributed by atoms with Crippen LogP contribution in [-0.2, 0) is 4.74 Å². The van der Waals surface area contributed by atoms with Gasteiger partial charge in [0.05, 0.1) is 23.0 Å². The Labute approximate surface area is 211 Å². The minimum atomic E-state index is -0.553. The van der Waals surface area contributed by atoms with E-state index in [-0.39, 0.29) is 17.9 Å². The molecule has 1 atom stereocenters. The average molecular weight is 495 g/mol. The van der Waals surface area contributed by atoms with Gasteiger partial charge in [-0.1, -0.05) is 0 Å². The van der Waals surface area contributed by atoms with Crippen LogP contribution in [0.15, 0.2) is 42.9 Å². The highest BCUT2D eigenvalue weighted by Gasteiger charge is 2.30. The third-order valence-electron chi connectivity index (χ3n) is 6.65. The molecule has 8 heteroatoms. The van der Waals surface area contributed by atoms with Crippen molar-refractivity contribution in [2.24, 2.45) is 0 Å². The molecule has 0 aliphatic carbocycles. The first-order valence-corrected chi connectivity index (χ1v) is 12.6. The molecule has 4 rings (SSSR count). The largest absolute Gasteiger partial charge is 0.444 e. The Hall–Kier alpha value is -3.42. The number of aromatic nitrogens is 2. The number of carbonyl (C=O) groups is 2. The van der Waals surface area contributed by atoms with Crippen molar-refractivity contribution in [1.82, 2.24) is 19.4 Å². The van der Waals surface area contributed by atoms with Crippen LogP contribution < -0.4 is 0 Å². The van der Waals surface area contributed by atoms with Gasteiger partial charge in [0.1, 0.15) is 11.4 Å². The van der Waals surface area contributed by atoms with Crippen LogP contribution >= 0.6 is 0 Å². The van der Waals surface area contributed by atoms with Crippen molar-refractivity contribution in [3.05, 3.63) is 59.8 Å². The van der Waals surface area contributed by atoms with Crippen LogP contribution in [0, 0.1) is 5.82 Å². The number of rotatable bonds is 5. The van der Waals surface area contributed by atoms with Gasteiger partial charge in [-0.05, 0) is 77.3 Å². The Bertz CT molecular complexity index is 1260. The Balaban J connectivity index is 1.76. The number of piperidine rings is 1. The maximum absolute atomic E-state index is 14.3. The number of pyridine rings is 1. The average Bonchev–Trinajstić information content (AvgIpc) is 3.23. The second-order valence-corrected chi connectivity index (χ2v) is 10.3. The predicted molar refractivity (Wildman–Crippen MR) is 138 cm³/mol. The summed E-state index contributed by atoms with van der Waals surface area (Å²) in [5.74, 6) is -0.570. The first-order valence-electron chi connectivity index (χ1n) is 12.6. The molecule has 192 valence electrons. The van der Waals surface area contributed by atoms with Crippen molar-refractivity contribution in [2.45, 2.75) is 59.0 Å². The molecule has 7 nitrogen and oxygen atoms in total. The summed E-state index contributed by atoms with van der Waals surface area (Å²) in [5, 5.41) is 1.01. The van der Waals surface area contributed by atoms with Crippen LogP contribution in [0.5, 0.6) is 0 Å². The standard InChI is InChI=1S/C28H35FN4O3/c1-6-31(7-2)26(34)22-15-20(29)10-11-24(22)33-18-23(21-12-13-30-16-25(21)33)19-9-8-14-32(17-19)27(35)36-28(3,4)5/h10-13,15-16,18-19H,6-9,14,17H2,1-5H3. The zero-order valence-electron chi connectivity index (χ0n) is 21.8. The summed E-state index contributed by atoms with van der Waals surface area (Å²) >= 11 is 0. The lowest BCUT2D eigenvalue weighted by Gasteiger charge is -2.34. The Morgan fingerprint density at radius 1 is 1.19 bits per heavy atom. The van der Waals surface area contributed by atoms with E-state index in [0.29, 0.717) is 37.4 Å². The van der Waals surface area contributed by atoms with Crippen LogP contribution in [0.25, 0.3) is 16.6 Å². The molecule has 1 aliphatic heterocycles. The number of likely N-dealkylation sites (tertiary alicyclic amines) is 1. The molecular weight excluding hydrogens is 459 g/mol. The minimum Gasteiger partial charge on any atom is -0.444 e. The molecule has 1 unspecified atom stereocenters. The van der Waals surface area contributed by atoms with Gasteiger partial charge in [-0.15, -0.1) is 0 Å². The Morgan fingerprint density at radius 2 is 1.94 bits per heavy atom. The van der Waals surface area contributed by atoms with Gasteiger partial charge < -0.3 is 19.1 Å². The third kappa shape index (κ3) is 5.22. The molecule has 1 aromatic carbocycles. The van der Waals surface area contributed by atoms with E-state index in [1.54, 1.807) is 28.3 Å². The van der Waals surface area contributed by atoms with Crippen LogP contribution in [0.1, 0.15) is 69.3 Å². The monoisotopic (exact) mass is 494 g/mol. The zero-order chi connectivity index (χ0) is 26.0. The molecule has 0 N–H and O–H groups in total. The smallest absolute Gasteiger partial charge is 0.410 e. The van der Waals surface area contributed by atoms with Crippen LogP contribution in [0.4, 0.5) is 9.18 Å². The van der Waals surface area contributed by atoms with Gasteiger partial charge in [0, 0.05) is 49.9 Å². The molecule has 0 saturated carbocycles. The quantitative estimate of drug-likeness (QED) is 0.452. The number of benzene rings is 1. The summed E-state index contributed by atoms with van der Waals surface area (Å²) in [6.07, 6.45) is 7.02. The zero-order valence-corrected chi connectivity index (χ0v) is 21.8. The minimum absolute atomic E-state index is 0.0970. The predicted octanol–water partition coefficient (Wildman–Crippen LogP) is 5.76. The molecule has 1 saturated heterocycles. The lowest BCUT2D eigenvalue weighted by atomic mass is 9.91. The highest BCUT2D eigenvalue weighted by molar-refractivity contribution is 5.99. The number of hydrogen-bond donors (Lipinski definition) is 0. The fourth-order valence-corrected chi connectivity index (χ4v) is 4.92. The molecule has 2 amide bonds. The molecule has 0 spiro atoms. The van der Waals surface area contributed by atoms with Crippen molar-refractivity contribution in [3.8, 4) is 5.69 Å². The topological polar surface area (TPSA) is 67.7 Å². The van der Waals surface area contributed by atoms with Gasteiger partial charge in [0.2, 0.25) is 0 Å². The first-order chi connectivity index (χ1) is 17.1. The summed E-state index contributed by atoms with van der Waals surface area (Å²) in [6.45, 7) is 11.7. The van der Waals surface area contributed by atoms with E-state index in [1.807, 2.05) is 51.4 Å². The SMILES string of the molecule is CCN(CC)C(=O)c1cc(F)ccc1-n1cc(C2CCCN(C(=O)OC(C)(C)C)C2)c2ccncc21.